The van der Waals surface area contributed by atoms with Crippen molar-refractivity contribution in [1.82, 2.24) is 10.6 Å². The Morgan fingerprint density at radius 3 is 2.75 bits per heavy atom. The minimum atomic E-state index is -0.579. The molecule has 2 amide bonds. The normalized spacial score (nSPS) is 20.7. The Labute approximate surface area is 189 Å². The molecule has 8 heteroatoms. The Hall–Kier alpha value is -2.71. The molecule has 0 radical (unpaired) electrons. The predicted octanol–water partition coefficient (Wildman–Crippen LogP) is 2.04. The Morgan fingerprint density at radius 1 is 1.16 bits per heavy atom. The minimum absolute atomic E-state index is 0.0476. The van der Waals surface area contributed by atoms with Crippen LogP contribution in [0.3, 0.4) is 0 Å². The highest BCUT2D eigenvalue weighted by atomic mass is 16.5. The molecule has 8 nitrogen and oxygen atoms in total. The van der Waals surface area contributed by atoms with Crippen LogP contribution in [0, 0.1) is 5.92 Å². The van der Waals surface area contributed by atoms with Crippen LogP contribution in [0.4, 0.5) is 0 Å². The summed E-state index contributed by atoms with van der Waals surface area (Å²) in [6.45, 7) is 0.911. The molecule has 3 N–H and O–H groups in total. The maximum atomic E-state index is 12.9. The van der Waals surface area contributed by atoms with Gasteiger partial charge in [-0.1, -0.05) is 42.5 Å². The van der Waals surface area contributed by atoms with E-state index in [0.29, 0.717) is 26.0 Å². The van der Waals surface area contributed by atoms with Crippen LogP contribution >= 0.6 is 0 Å². The molecule has 1 aliphatic heterocycles. The second-order valence-corrected chi connectivity index (χ2v) is 7.67. The highest BCUT2D eigenvalue weighted by Gasteiger charge is 2.23. The van der Waals surface area contributed by atoms with Crippen LogP contribution in [0.15, 0.2) is 42.5 Å². The Morgan fingerprint density at radius 2 is 1.97 bits per heavy atom. The van der Waals surface area contributed by atoms with Gasteiger partial charge < -0.3 is 25.2 Å². The molecule has 1 aromatic rings. The maximum Gasteiger partial charge on any atom is 0.306 e. The van der Waals surface area contributed by atoms with E-state index in [1.165, 1.54) is 0 Å². The van der Waals surface area contributed by atoms with Crippen molar-refractivity contribution in [2.75, 3.05) is 32.9 Å². The Kier molecular flexibility index (Phi) is 12.1. The number of hydrogen-bond donors (Lipinski definition) is 3. The number of allylic oxidation sites excluding steroid dienone is 2. The SMILES string of the molecule is O=C(C[C@H]1CC=CCCCCC(=O)O[C@@H](c2ccccc2)CNC1=O)NCCOCCO. The van der Waals surface area contributed by atoms with Crippen LogP contribution in [0.1, 0.15) is 50.2 Å². The second kappa shape index (κ2) is 15.2. The smallest absolute Gasteiger partial charge is 0.306 e. The molecule has 0 fully saturated rings. The van der Waals surface area contributed by atoms with Crippen LogP contribution < -0.4 is 10.6 Å². The number of nitrogens with one attached hydrogen (secondary N) is 2. The summed E-state index contributed by atoms with van der Waals surface area (Å²) in [6.07, 6.45) is 6.58. The van der Waals surface area contributed by atoms with Gasteiger partial charge >= 0.3 is 5.97 Å². The lowest BCUT2D eigenvalue weighted by Crippen LogP contribution is -2.38. The number of aliphatic hydroxyl groups is 1. The first-order valence-corrected chi connectivity index (χ1v) is 11.2. The van der Waals surface area contributed by atoms with Gasteiger partial charge in [0, 0.05) is 19.4 Å². The molecule has 0 aromatic heterocycles. The molecule has 2 rings (SSSR count). The van der Waals surface area contributed by atoms with E-state index in [2.05, 4.69) is 10.6 Å². The van der Waals surface area contributed by atoms with Crippen molar-refractivity contribution in [2.24, 2.45) is 5.92 Å². The van der Waals surface area contributed by atoms with E-state index in [4.69, 9.17) is 14.6 Å². The molecule has 32 heavy (non-hydrogen) atoms. The lowest BCUT2D eigenvalue weighted by Gasteiger charge is -2.21. The van der Waals surface area contributed by atoms with Crippen molar-refractivity contribution in [1.29, 1.82) is 0 Å². The number of amides is 2. The van der Waals surface area contributed by atoms with Gasteiger partial charge in [0.15, 0.2) is 0 Å². The van der Waals surface area contributed by atoms with Gasteiger partial charge in [-0.3, -0.25) is 14.4 Å². The fraction of sp³-hybridized carbons (Fsp3) is 0.542. The topological polar surface area (TPSA) is 114 Å². The van der Waals surface area contributed by atoms with Crippen molar-refractivity contribution in [3.63, 3.8) is 0 Å². The van der Waals surface area contributed by atoms with Gasteiger partial charge in [0.25, 0.3) is 0 Å². The third-order valence-electron chi connectivity index (χ3n) is 5.10. The van der Waals surface area contributed by atoms with E-state index in [9.17, 15) is 14.4 Å². The van der Waals surface area contributed by atoms with Crippen molar-refractivity contribution in [2.45, 2.75) is 44.6 Å². The van der Waals surface area contributed by atoms with Crippen LogP contribution in [0.2, 0.25) is 0 Å². The van der Waals surface area contributed by atoms with E-state index in [1.54, 1.807) is 0 Å². The fourth-order valence-electron chi connectivity index (χ4n) is 3.37. The number of cyclic esters (lactones) is 1. The van der Waals surface area contributed by atoms with Crippen molar-refractivity contribution >= 4 is 17.8 Å². The molecule has 0 bridgehead atoms. The fourth-order valence-corrected chi connectivity index (χ4v) is 3.37. The minimum Gasteiger partial charge on any atom is -0.456 e. The molecular formula is C24H34N2O6. The largest absolute Gasteiger partial charge is 0.456 e. The maximum absolute atomic E-state index is 12.9. The van der Waals surface area contributed by atoms with Crippen molar-refractivity contribution in [3.8, 4) is 0 Å². The van der Waals surface area contributed by atoms with Gasteiger partial charge in [-0.05, 0) is 31.2 Å². The highest BCUT2D eigenvalue weighted by Crippen LogP contribution is 2.19. The van der Waals surface area contributed by atoms with E-state index in [-0.39, 0.29) is 44.0 Å². The number of carbonyl (C=O) groups excluding carboxylic acids is 3. The molecule has 0 aliphatic carbocycles. The molecule has 0 saturated carbocycles. The average molecular weight is 447 g/mol. The first-order chi connectivity index (χ1) is 15.6. The quantitative estimate of drug-likeness (QED) is 0.320. The van der Waals surface area contributed by atoms with E-state index >= 15 is 0 Å². The lowest BCUT2D eigenvalue weighted by atomic mass is 9.98. The summed E-state index contributed by atoms with van der Waals surface area (Å²) in [4.78, 5) is 37.4. The number of rotatable bonds is 8. The van der Waals surface area contributed by atoms with E-state index in [1.807, 2.05) is 42.5 Å². The van der Waals surface area contributed by atoms with Crippen LogP contribution in [0.25, 0.3) is 0 Å². The number of aliphatic hydroxyl groups excluding tert-OH is 1. The first-order valence-electron chi connectivity index (χ1n) is 11.2. The van der Waals surface area contributed by atoms with Gasteiger partial charge in [0.2, 0.25) is 11.8 Å². The van der Waals surface area contributed by atoms with Crippen molar-refractivity contribution in [3.05, 3.63) is 48.0 Å². The summed E-state index contributed by atoms with van der Waals surface area (Å²) < 4.78 is 10.8. The second-order valence-electron chi connectivity index (χ2n) is 7.67. The summed E-state index contributed by atoms with van der Waals surface area (Å²) >= 11 is 0. The van der Waals surface area contributed by atoms with Gasteiger partial charge in [0.05, 0.1) is 32.3 Å². The molecule has 1 aromatic carbocycles. The Balaban J connectivity index is 2.00. The third-order valence-corrected chi connectivity index (χ3v) is 5.10. The van der Waals surface area contributed by atoms with Crippen LogP contribution in [-0.2, 0) is 23.9 Å². The number of carbonyl (C=O) groups is 3. The summed E-state index contributed by atoms with van der Waals surface area (Å²) in [5.41, 5.74) is 0.810. The average Bonchev–Trinajstić information content (AvgIpc) is 2.80. The van der Waals surface area contributed by atoms with Gasteiger partial charge in [-0.25, -0.2) is 0 Å². The summed E-state index contributed by atoms with van der Waals surface area (Å²) in [6, 6.07) is 9.32. The zero-order chi connectivity index (χ0) is 23.0. The highest BCUT2D eigenvalue weighted by molar-refractivity contribution is 5.86. The van der Waals surface area contributed by atoms with Crippen molar-refractivity contribution < 1.29 is 29.0 Å². The van der Waals surface area contributed by atoms with Crippen LogP contribution in [-0.4, -0.2) is 55.8 Å². The van der Waals surface area contributed by atoms with Crippen LogP contribution in [0.5, 0.6) is 0 Å². The molecule has 1 aliphatic rings. The Bertz CT molecular complexity index is 737. The molecule has 1 heterocycles. The monoisotopic (exact) mass is 446 g/mol. The number of esters is 1. The molecule has 0 saturated heterocycles. The third kappa shape index (κ3) is 10.1. The standard InChI is InChI=1S/C24H34N2O6/c27-14-16-31-15-13-25-22(28)17-20-11-5-2-1-3-8-12-23(29)32-21(18-26-24(20)30)19-9-6-4-7-10-19/h2,4-7,9-10,20-21,27H,1,3,8,11-18H2,(H,25,28)(H,26,30)/t20-,21-/m1/s1. The molecule has 176 valence electrons. The van der Waals surface area contributed by atoms with E-state index in [0.717, 1.165) is 24.8 Å². The molecule has 2 atom stereocenters. The van der Waals surface area contributed by atoms with Gasteiger partial charge in [-0.15, -0.1) is 0 Å². The zero-order valence-corrected chi connectivity index (χ0v) is 18.5. The summed E-state index contributed by atoms with van der Waals surface area (Å²) in [7, 11) is 0. The lowest BCUT2D eigenvalue weighted by molar-refractivity contribution is -0.150. The van der Waals surface area contributed by atoms with Gasteiger partial charge in [-0.2, -0.15) is 0 Å². The molecular weight excluding hydrogens is 412 g/mol. The number of ether oxygens (including phenoxy) is 2. The summed E-state index contributed by atoms with van der Waals surface area (Å²) in [5.74, 6) is -1.30. The number of hydrogen-bond acceptors (Lipinski definition) is 6. The summed E-state index contributed by atoms with van der Waals surface area (Å²) in [5, 5.41) is 14.3. The molecule has 0 unspecified atom stereocenters. The number of benzene rings is 1. The van der Waals surface area contributed by atoms with Gasteiger partial charge in [0.1, 0.15) is 6.10 Å². The predicted molar refractivity (Wildman–Crippen MR) is 120 cm³/mol. The zero-order valence-electron chi connectivity index (χ0n) is 18.5. The first kappa shape index (κ1) is 25.5. The van der Waals surface area contributed by atoms with E-state index < -0.39 is 12.0 Å². The molecule has 0 spiro atoms.